The fourth-order valence-corrected chi connectivity index (χ4v) is 3.17. The summed E-state index contributed by atoms with van der Waals surface area (Å²) in [5, 5.41) is 4.28. The van der Waals surface area contributed by atoms with Crippen molar-refractivity contribution in [2.24, 2.45) is 0 Å². The summed E-state index contributed by atoms with van der Waals surface area (Å²) in [7, 11) is 0. The van der Waals surface area contributed by atoms with Crippen LogP contribution in [-0.2, 0) is 12.8 Å². The molecule has 0 unspecified atom stereocenters. The van der Waals surface area contributed by atoms with Crippen LogP contribution in [0.4, 0.5) is 5.13 Å². The third kappa shape index (κ3) is 2.96. The van der Waals surface area contributed by atoms with E-state index in [0.717, 1.165) is 35.7 Å². The van der Waals surface area contributed by atoms with Gasteiger partial charge in [0.2, 0.25) is 0 Å². The molecule has 0 saturated carbocycles. The van der Waals surface area contributed by atoms with Gasteiger partial charge in [0.15, 0.2) is 5.13 Å². The second-order valence-electron chi connectivity index (χ2n) is 4.67. The number of nitrogens with zero attached hydrogens (tertiary/aromatic N) is 2. The fourth-order valence-electron chi connectivity index (χ4n) is 2.17. The molecular formula is C16H17N3S. The molecule has 0 bridgehead atoms. The van der Waals surface area contributed by atoms with Crippen LogP contribution in [0.25, 0.3) is 10.2 Å². The van der Waals surface area contributed by atoms with Crippen LogP contribution in [0.5, 0.6) is 0 Å². The minimum atomic E-state index is 0.909. The van der Waals surface area contributed by atoms with Gasteiger partial charge in [0.25, 0.3) is 0 Å². The Labute approximate surface area is 122 Å². The molecule has 4 heteroatoms. The third-order valence-electron chi connectivity index (χ3n) is 3.18. The molecule has 0 aliphatic rings. The molecule has 0 aliphatic heterocycles. The summed E-state index contributed by atoms with van der Waals surface area (Å²) in [5.41, 5.74) is 3.56. The summed E-state index contributed by atoms with van der Waals surface area (Å²) in [5.74, 6) is 0. The van der Waals surface area contributed by atoms with Crippen molar-refractivity contribution in [3.63, 3.8) is 0 Å². The van der Waals surface area contributed by atoms with E-state index in [1.54, 1.807) is 11.3 Å². The van der Waals surface area contributed by atoms with Crippen molar-refractivity contribution in [3.05, 3.63) is 53.9 Å². The Morgan fingerprint density at radius 3 is 2.90 bits per heavy atom. The smallest absolute Gasteiger partial charge is 0.183 e. The van der Waals surface area contributed by atoms with Crippen LogP contribution in [0.3, 0.4) is 0 Å². The number of fused-ring (bicyclic) bond motifs is 1. The predicted molar refractivity (Wildman–Crippen MR) is 85.4 cm³/mol. The average Bonchev–Trinajstić information content (AvgIpc) is 2.88. The van der Waals surface area contributed by atoms with Gasteiger partial charge in [-0.25, -0.2) is 4.98 Å². The summed E-state index contributed by atoms with van der Waals surface area (Å²) in [6.07, 6.45) is 3.84. The number of aryl methyl sites for hydroxylation is 2. The maximum atomic E-state index is 4.56. The van der Waals surface area contributed by atoms with Crippen molar-refractivity contribution in [2.45, 2.75) is 19.8 Å². The van der Waals surface area contributed by atoms with Crippen LogP contribution >= 0.6 is 11.3 Å². The number of aromatic nitrogens is 2. The quantitative estimate of drug-likeness (QED) is 0.771. The predicted octanol–water partition coefficient (Wildman–Crippen LogP) is 3.91. The summed E-state index contributed by atoms with van der Waals surface area (Å²) >= 11 is 1.72. The van der Waals surface area contributed by atoms with Gasteiger partial charge in [0, 0.05) is 18.4 Å². The largest absolute Gasteiger partial charge is 0.362 e. The highest BCUT2D eigenvalue weighted by atomic mass is 32.1. The lowest BCUT2D eigenvalue weighted by molar-refractivity contribution is 0.915. The molecule has 102 valence electrons. The zero-order chi connectivity index (χ0) is 13.8. The number of pyridine rings is 1. The number of anilines is 1. The molecule has 20 heavy (non-hydrogen) atoms. The number of rotatable bonds is 5. The molecule has 3 aromatic rings. The minimum Gasteiger partial charge on any atom is -0.362 e. The molecule has 0 fully saturated rings. The van der Waals surface area contributed by atoms with E-state index in [1.807, 2.05) is 18.3 Å². The highest BCUT2D eigenvalue weighted by Crippen LogP contribution is 2.27. The zero-order valence-electron chi connectivity index (χ0n) is 11.5. The lowest BCUT2D eigenvalue weighted by Crippen LogP contribution is -1.94. The Hall–Kier alpha value is -1.94. The van der Waals surface area contributed by atoms with Crippen molar-refractivity contribution in [1.82, 2.24) is 9.97 Å². The van der Waals surface area contributed by atoms with E-state index in [2.05, 4.69) is 46.5 Å². The van der Waals surface area contributed by atoms with Crippen LogP contribution in [-0.4, -0.2) is 16.5 Å². The maximum absolute atomic E-state index is 4.56. The molecule has 3 nitrogen and oxygen atoms in total. The topological polar surface area (TPSA) is 37.8 Å². The van der Waals surface area contributed by atoms with Crippen LogP contribution < -0.4 is 5.32 Å². The molecule has 0 atom stereocenters. The molecule has 0 spiro atoms. The molecule has 0 amide bonds. The molecule has 2 heterocycles. The van der Waals surface area contributed by atoms with Gasteiger partial charge in [-0.3, -0.25) is 4.98 Å². The van der Waals surface area contributed by atoms with Gasteiger partial charge < -0.3 is 5.32 Å². The van der Waals surface area contributed by atoms with Crippen molar-refractivity contribution < 1.29 is 0 Å². The van der Waals surface area contributed by atoms with Crippen molar-refractivity contribution in [1.29, 1.82) is 0 Å². The second-order valence-corrected chi connectivity index (χ2v) is 5.70. The monoisotopic (exact) mass is 283 g/mol. The number of hydrogen-bond acceptors (Lipinski definition) is 4. The molecule has 0 saturated heterocycles. The first-order valence-electron chi connectivity index (χ1n) is 6.88. The highest BCUT2D eigenvalue weighted by molar-refractivity contribution is 7.22. The Balaban J connectivity index is 1.75. The van der Waals surface area contributed by atoms with Gasteiger partial charge in [-0.15, -0.1) is 0 Å². The lowest BCUT2D eigenvalue weighted by Gasteiger charge is -2.01. The van der Waals surface area contributed by atoms with Gasteiger partial charge in [-0.05, 0) is 49.6 Å². The lowest BCUT2D eigenvalue weighted by atomic mass is 10.1. The van der Waals surface area contributed by atoms with E-state index in [9.17, 15) is 0 Å². The van der Waals surface area contributed by atoms with E-state index in [-0.39, 0.29) is 0 Å². The van der Waals surface area contributed by atoms with Crippen molar-refractivity contribution in [3.8, 4) is 0 Å². The summed E-state index contributed by atoms with van der Waals surface area (Å²) < 4.78 is 1.25. The number of nitrogens with one attached hydrogen (secondary N) is 1. The van der Waals surface area contributed by atoms with E-state index >= 15 is 0 Å². The molecule has 3 rings (SSSR count). The summed E-state index contributed by atoms with van der Waals surface area (Å²) in [4.78, 5) is 8.92. The Kier molecular flexibility index (Phi) is 3.92. The van der Waals surface area contributed by atoms with Gasteiger partial charge >= 0.3 is 0 Å². The molecule has 1 N–H and O–H groups in total. The van der Waals surface area contributed by atoms with E-state index in [4.69, 9.17) is 0 Å². The first-order valence-corrected chi connectivity index (χ1v) is 7.70. The second kappa shape index (κ2) is 6.01. The number of hydrogen-bond donors (Lipinski definition) is 1. The van der Waals surface area contributed by atoms with Crippen LogP contribution in [0, 0.1) is 0 Å². The average molecular weight is 283 g/mol. The van der Waals surface area contributed by atoms with Gasteiger partial charge in [0.1, 0.15) is 0 Å². The van der Waals surface area contributed by atoms with Gasteiger partial charge in [0.05, 0.1) is 10.2 Å². The van der Waals surface area contributed by atoms with Gasteiger partial charge in [-0.2, -0.15) is 0 Å². The van der Waals surface area contributed by atoms with Crippen LogP contribution in [0.15, 0.2) is 42.6 Å². The highest BCUT2D eigenvalue weighted by Gasteiger charge is 2.04. The Morgan fingerprint density at radius 1 is 1.15 bits per heavy atom. The molecule has 0 radical (unpaired) electrons. The first-order chi connectivity index (χ1) is 9.85. The van der Waals surface area contributed by atoms with Gasteiger partial charge in [-0.1, -0.05) is 23.5 Å². The fraction of sp³-hybridized carbons (Fsp3) is 0.250. The summed E-state index contributed by atoms with van der Waals surface area (Å²) in [6.45, 7) is 3.00. The molecule has 0 aliphatic carbocycles. The van der Waals surface area contributed by atoms with Crippen LogP contribution in [0.2, 0.25) is 0 Å². The number of thiazole rings is 1. The van der Waals surface area contributed by atoms with E-state index < -0.39 is 0 Å². The Morgan fingerprint density at radius 2 is 2.10 bits per heavy atom. The third-order valence-corrected chi connectivity index (χ3v) is 4.15. The molecule has 1 aromatic carbocycles. The van der Waals surface area contributed by atoms with Crippen LogP contribution in [0.1, 0.15) is 18.2 Å². The van der Waals surface area contributed by atoms with E-state index in [1.165, 1.54) is 10.3 Å². The molecule has 2 aromatic heterocycles. The zero-order valence-corrected chi connectivity index (χ0v) is 12.3. The first kappa shape index (κ1) is 13.1. The number of benzene rings is 1. The van der Waals surface area contributed by atoms with E-state index in [0.29, 0.717) is 0 Å². The van der Waals surface area contributed by atoms with Crippen molar-refractivity contribution >= 4 is 26.7 Å². The summed E-state index contributed by atoms with van der Waals surface area (Å²) in [6, 6.07) is 12.6. The SMILES string of the molecule is CCNc1nc2ccc(CCc3ccccn3)cc2s1. The Bertz CT molecular complexity index is 691. The maximum Gasteiger partial charge on any atom is 0.183 e. The molecular weight excluding hydrogens is 266 g/mol. The normalized spacial score (nSPS) is 10.8. The van der Waals surface area contributed by atoms with Crippen molar-refractivity contribution in [2.75, 3.05) is 11.9 Å². The standard InChI is InChI=1S/C16H17N3S/c1-2-17-16-19-14-9-7-12(11-15(14)20-16)6-8-13-5-3-4-10-18-13/h3-5,7,9-11H,2,6,8H2,1H3,(H,17,19). The minimum absolute atomic E-state index is 0.909.